The van der Waals surface area contributed by atoms with Crippen molar-refractivity contribution in [2.24, 2.45) is 0 Å². The maximum absolute atomic E-state index is 12.6. The number of unbranched alkanes of at least 4 members (excludes halogenated alkanes) is 1. The summed E-state index contributed by atoms with van der Waals surface area (Å²) in [6.07, 6.45) is 2.55. The van der Waals surface area contributed by atoms with E-state index >= 15 is 0 Å². The van der Waals surface area contributed by atoms with Crippen molar-refractivity contribution in [3.05, 3.63) is 34.9 Å². The molecule has 0 spiro atoms. The Balaban J connectivity index is 2.97. The van der Waals surface area contributed by atoms with Crippen LogP contribution in [-0.4, -0.2) is 35.6 Å². The van der Waals surface area contributed by atoms with Gasteiger partial charge in [0.05, 0.1) is 6.61 Å². The summed E-state index contributed by atoms with van der Waals surface area (Å²) in [4.78, 5) is 14.5. The normalized spacial score (nSPS) is 9.90. The molecular weight excluding hydrogens is 262 g/mol. The molecule has 0 unspecified atom stereocenters. The zero-order valence-corrected chi connectivity index (χ0v) is 13.3. The number of nitrogens with zero attached hydrogens (tertiary/aromatic N) is 1. The number of carbonyl (C=O) groups is 1. The van der Waals surface area contributed by atoms with Gasteiger partial charge in [-0.2, -0.15) is 0 Å². The fourth-order valence-electron chi connectivity index (χ4n) is 2.07. The number of carbonyl (C=O) groups excluding carboxylic acids is 1. The fourth-order valence-corrected chi connectivity index (χ4v) is 2.07. The number of aryl methyl sites for hydroxylation is 1. The van der Waals surface area contributed by atoms with Crippen molar-refractivity contribution < 1.29 is 9.90 Å². The Labute approximate surface area is 128 Å². The summed E-state index contributed by atoms with van der Waals surface area (Å²) in [6, 6.07) is 5.71. The quantitative estimate of drug-likeness (QED) is 0.817. The number of hydrogen-bond acceptors (Lipinski definition) is 2. The van der Waals surface area contributed by atoms with Crippen LogP contribution in [0.4, 0.5) is 0 Å². The molecule has 3 heteroatoms. The van der Waals surface area contributed by atoms with Crippen molar-refractivity contribution in [2.75, 3.05) is 19.7 Å². The van der Waals surface area contributed by atoms with Gasteiger partial charge in [0, 0.05) is 30.6 Å². The Morgan fingerprint density at radius 3 is 2.71 bits per heavy atom. The highest BCUT2D eigenvalue weighted by molar-refractivity contribution is 5.96. The second-order valence-electron chi connectivity index (χ2n) is 5.04. The van der Waals surface area contributed by atoms with Crippen LogP contribution in [0.2, 0.25) is 0 Å². The molecule has 0 aliphatic carbocycles. The molecule has 0 fully saturated rings. The zero-order valence-electron chi connectivity index (χ0n) is 13.3. The predicted molar refractivity (Wildman–Crippen MR) is 86.2 cm³/mol. The molecule has 0 saturated carbocycles. The Hall–Kier alpha value is -1.79. The Bertz CT molecular complexity index is 526. The van der Waals surface area contributed by atoms with Gasteiger partial charge < -0.3 is 10.0 Å². The molecule has 114 valence electrons. The van der Waals surface area contributed by atoms with Gasteiger partial charge in [-0.05, 0) is 38.0 Å². The third-order valence-corrected chi connectivity index (χ3v) is 3.39. The van der Waals surface area contributed by atoms with E-state index in [2.05, 4.69) is 18.8 Å². The topological polar surface area (TPSA) is 40.5 Å². The molecule has 1 N–H and O–H groups in total. The molecule has 1 rings (SSSR count). The molecule has 21 heavy (non-hydrogen) atoms. The standard InChI is InChI=1S/C18H25NO2/c1-4-6-12-19(5-2)18(21)17-14-16(9-7-8-13-20)11-10-15(17)3/h10-11,14,20H,4-6,8,12-13H2,1-3H3. The van der Waals surface area contributed by atoms with Crippen LogP contribution < -0.4 is 0 Å². The second-order valence-corrected chi connectivity index (χ2v) is 5.04. The van der Waals surface area contributed by atoms with Crippen molar-refractivity contribution in [2.45, 2.75) is 40.0 Å². The first-order valence-electron chi connectivity index (χ1n) is 7.63. The van der Waals surface area contributed by atoms with Gasteiger partial charge in [0.1, 0.15) is 0 Å². The number of aliphatic hydroxyl groups is 1. The zero-order chi connectivity index (χ0) is 15.7. The van der Waals surface area contributed by atoms with Crippen LogP contribution in [0.15, 0.2) is 18.2 Å². The Morgan fingerprint density at radius 2 is 2.10 bits per heavy atom. The van der Waals surface area contributed by atoms with E-state index in [0.29, 0.717) is 6.42 Å². The van der Waals surface area contributed by atoms with Gasteiger partial charge in [0.15, 0.2) is 0 Å². The van der Waals surface area contributed by atoms with Gasteiger partial charge >= 0.3 is 0 Å². The lowest BCUT2D eigenvalue weighted by atomic mass is 10.0. The van der Waals surface area contributed by atoms with E-state index < -0.39 is 0 Å². The smallest absolute Gasteiger partial charge is 0.254 e. The molecular formula is C18H25NO2. The van der Waals surface area contributed by atoms with E-state index in [0.717, 1.165) is 42.6 Å². The summed E-state index contributed by atoms with van der Waals surface area (Å²) in [5.74, 6) is 5.96. The summed E-state index contributed by atoms with van der Waals surface area (Å²) >= 11 is 0. The van der Waals surface area contributed by atoms with Crippen LogP contribution >= 0.6 is 0 Å². The molecule has 0 saturated heterocycles. The second kappa shape index (κ2) is 9.20. The van der Waals surface area contributed by atoms with Gasteiger partial charge in [-0.15, -0.1) is 0 Å². The van der Waals surface area contributed by atoms with Gasteiger partial charge in [-0.3, -0.25) is 4.79 Å². The first kappa shape index (κ1) is 17.3. The largest absolute Gasteiger partial charge is 0.395 e. The molecule has 0 aliphatic heterocycles. The average molecular weight is 287 g/mol. The minimum Gasteiger partial charge on any atom is -0.395 e. The molecule has 0 radical (unpaired) electrons. The van der Waals surface area contributed by atoms with Crippen LogP contribution in [0.3, 0.4) is 0 Å². The lowest BCUT2D eigenvalue weighted by molar-refractivity contribution is 0.0761. The highest BCUT2D eigenvalue weighted by Gasteiger charge is 2.16. The van der Waals surface area contributed by atoms with E-state index in [4.69, 9.17) is 5.11 Å². The Kier molecular flexibility index (Phi) is 7.56. The summed E-state index contributed by atoms with van der Waals surface area (Å²) in [5.41, 5.74) is 2.52. The predicted octanol–water partition coefficient (Wildman–Crippen LogP) is 2.99. The van der Waals surface area contributed by atoms with Gasteiger partial charge in [0.2, 0.25) is 0 Å². The van der Waals surface area contributed by atoms with Gasteiger partial charge in [-0.25, -0.2) is 0 Å². The van der Waals surface area contributed by atoms with Crippen molar-refractivity contribution >= 4 is 5.91 Å². The molecule has 3 nitrogen and oxygen atoms in total. The van der Waals surface area contributed by atoms with Crippen LogP contribution in [0, 0.1) is 18.8 Å². The van der Waals surface area contributed by atoms with Crippen LogP contribution in [0.5, 0.6) is 0 Å². The minimum absolute atomic E-state index is 0.0608. The average Bonchev–Trinajstić information content (AvgIpc) is 2.49. The molecule has 0 aromatic heterocycles. The summed E-state index contributed by atoms with van der Waals surface area (Å²) < 4.78 is 0. The number of aliphatic hydroxyl groups excluding tert-OH is 1. The maximum atomic E-state index is 12.6. The number of amides is 1. The third kappa shape index (κ3) is 5.24. The molecule has 0 heterocycles. The lowest BCUT2D eigenvalue weighted by Gasteiger charge is -2.21. The monoisotopic (exact) mass is 287 g/mol. The van der Waals surface area contributed by atoms with Crippen molar-refractivity contribution in [3.8, 4) is 11.8 Å². The third-order valence-electron chi connectivity index (χ3n) is 3.39. The highest BCUT2D eigenvalue weighted by Crippen LogP contribution is 2.14. The van der Waals surface area contributed by atoms with E-state index in [1.807, 2.05) is 36.9 Å². The molecule has 0 atom stereocenters. The molecule has 1 aromatic carbocycles. The summed E-state index contributed by atoms with van der Waals surface area (Å²) in [6.45, 7) is 7.66. The summed E-state index contributed by atoms with van der Waals surface area (Å²) in [5, 5.41) is 8.76. The van der Waals surface area contributed by atoms with E-state index in [-0.39, 0.29) is 12.5 Å². The number of hydrogen-bond donors (Lipinski definition) is 1. The number of benzene rings is 1. The van der Waals surface area contributed by atoms with Gasteiger partial charge in [0.25, 0.3) is 5.91 Å². The van der Waals surface area contributed by atoms with Crippen LogP contribution in [0.25, 0.3) is 0 Å². The van der Waals surface area contributed by atoms with Crippen LogP contribution in [-0.2, 0) is 0 Å². The SMILES string of the molecule is CCCCN(CC)C(=O)c1cc(C#CCCO)ccc1C. The highest BCUT2D eigenvalue weighted by atomic mass is 16.2. The maximum Gasteiger partial charge on any atom is 0.254 e. The molecule has 1 amide bonds. The van der Waals surface area contributed by atoms with Crippen molar-refractivity contribution in [1.29, 1.82) is 0 Å². The first-order chi connectivity index (χ1) is 10.1. The van der Waals surface area contributed by atoms with E-state index in [9.17, 15) is 4.79 Å². The molecule has 0 aliphatic rings. The van der Waals surface area contributed by atoms with Gasteiger partial charge in [-0.1, -0.05) is 31.3 Å². The Morgan fingerprint density at radius 1 is 1.33 bits per heavy atom. The van der Waals surface area contributed by atoms with Crippen molar-refractivity contribution in [3.63, 3.8) is 0 Å². The minimum atomic E-state index is 0.0608. The molecule has 0 bridgehead atoms. The van der Waals surface area contributed by atoms with E-state index in [1.54, 1.807) is 0 Å². The van der Waals surface area contributed by atoms with E-state index in [1.165, 1.54) is 0 Å². The number of rotatable bonds is 6. The van der Waals surface area contributed by atoms with Crippen molar-refractivity contribution in [1.82, 2.24) is 4.90 Å². The first-order valence-corrected chi connectivity index (χ1v) is 7.63. The lowest BCUT2D eigenvalue weighted by Crippen LogP contribution is -2.32. The summed E-state index contributed by atoms with van der Waals surface area (Å²) in [7, 11) is 0. The van der Waals surface area contributed by atoms with Crippen LogP contribution in [0.1, 0.15) is 54.6 Å². The fraction of sp³-hybridized carbons (Fsp3) is 0.500. The molecule has 1 aromatic rings.